The molecule has 0 amide bonds. The molecule has 168 valence electrons. The van der Waals surface area contributed by atoms with Gasteiger partial charge in [0, 0.05) is 11.5 Å². The van der Waals surface area contributed by atoms with Crippen LogP contribution in [0.3, 0.4) is 0 Å². The molecule has 0 aliphatic carbocycles. The van der Waals surface area contributed by atoms with Gasteiger partial charge in [0.05, 0.1) is 5.56 Å². The van der Waals surface area contributed by atoms with Gasteiger partial charge in [-0.3, -0.25) is 0 Å². The molecule has 4 heteroatoms. The molecule has 4 rings (SSSR count). The first-order valence-corrected chi connectivity index (χ1v) is 11.1. The number of hydrogen-bond acceptors (Lipinski definition) is 0. The van der Waals surface area contributed by atoms with E-state index in [4.69, 9.17) is 0 Å². The fourth-order valence-electron chi connectivity index (χ4n) is 4.07. The highest BCUT2D eigenvalue weighted by Gasteiger charge is 2.14. The fourth-order valence-corrected chi connectivity index (χ4v) is 4.07. The Labute approximate surface area is 191 Å². The standard InChI is InChI=1S/C29H24F4/c1-2-3-4-5-19-6-8-20(9-7-19)21-10-12-22(13-11-21)23-14-15-25-24(16-23)17-27(30)26(29(25)33)18-28(31)32/h6-18H,2-5H2,1H3. The van der Waals surface area contributed by atoms with E-state index in [1.54, 1.807) is 12.1 Å². The maximum atomic E-state index is 14.6. The topological polar surface area (TPSA) is 0 Å². The van der Waals surface area contributed by atoms with E-state index < -0.39 is 23.3 Å². The zero-order valence-electron chi connectivity index (χ0n) is 18.3. The second-order valence-corrected chi connectivity index (χ2v) is 8.19. The summed E-state index contributed by atoms with van der Waals surface area (Å²) in [5.41, 5.74) is 4.52. The van der Waals surface area contributed by atoms with Crippen molar-refractivity contribution in [1.82, 2.24) is 0 Å². The molecule has 0 spiro atoms. The molecule has 33 heavy (non-hydrogen) atoms. The van der Waals surface area contributed by atoms with Crippen LogP contribution in [0.15, 0.2) is 78.9 Å². The lowest BCUT2D eigenvalue weighted by Crippen LogP contribution is -1.92. The smallest absolute Gasteiger partial charge is 0.206 e. The highest BCUT2D eigenvalue weighted by Crippen LogP contribution is 2.31. The van der Waals surface area contributed by atoms with Gasteiger partial charge in [-0.15, -0.1) is 0 Å². The van der Waals surface area contributed by atoms with E-state index in [2.05, 4.69) is 31.2 Å². The number of aryl methyl sites for hydroxylation is 1. The van der Waals surface area contributed by atoms with E-state index in [0.717, 1.165) is 34.7 Å². The van der Waals surface area contributed by atoms with E-state index in [1.807, 2.05) is 24.3 Å². The van der Waals surface area contributed by atoms with Crippen LogP contribution in [-0.2, 0) is 6.42 Å². The summed E-state index contributed by atoms with van der Waals surface area (Å²) < 4.78 is 53.8. The molecule has 0 nitrogen and oxygen atoms in total. The predicted octanol–water partition coefficient (Wildman–Crippen LogP) is 9.42. The molecule has 4 aromatic carbocycles. The fraction of sp³-hybridized carbons (Fsp3) is 0.172. The quantitative estimate of drug-likeness (QED) is 0.195. The van der Waals surface area contributed by atoms with Crippen molar-refractivity contribution in [3.8, 4) is 22.3 Å². The largest absolute Gasteiger partial charge is 0.271 e. The predicted molar refractivity (Wildman–Crippen MR) is 128 cm³/mol. The molecule has 0 saturated carbocycles. The first kappa shape index (κ1) is 22.8. The molecule has 0 bridgehead atoms. The minimum atomic E-state index is -2.14. The van der Waals surface area contributed by atoms with Crippen LogP contribution in [0.5, 0.6) is 0 Å². The third-order valence-corrected chi connectivity index (χ3v) is 5.89. The monoisotopic (exact) mass is 448 g/mol. The van der Waals surface area contributed by atoms with Crippen molar-refractivity contribution in [1.29, 1.82) is 0 Å². The van der Waals surface area contributed by atoms with Crippen molar-refractivity contribution >= 4 is 16.8 Å². The van der Waals surface area contributed by atoms with E-state index >= 15 is 0 Å². The van der Waals surface area contributed by atoms with Gasteiger partial charge in [0.2, 0.25) is 0 Å². The molecule has 0 fully saturated rings. The van der Waals surface area contributed by atoms with E-state index in [1.165, 1.54) is 30.9 Å². The third-order valence-electron chi connectivity index (χ3n) is 5.89. The Morgan fingerprint density at radius 1 is 0.727 bits per heavy atom. The second kappa shape index (κ2) is 10.0. The zero-order chi connectivity index (χ0) is 23.4. The van der Waals surface area contributed by atoms with Crippen molar-refractivity contribution in [2.45, 2.75) is 32.6 Å². The number of fused-ring (bicyclic) bond motifs is 1. The maximum Gasteiger partial charge on any atom is 0.271 e. The Kier molecular flexibility index (Phi) is 6.93. The molecule has 0 atom stereocenters. The Morgan fingerprint density at radius 3 is 1.91 bits per heavy atom. The van der Waals surface area contributed by atoms with Crippen LogP contribution in [0, 0.1) is 11.6 Å². The van der Waals surface area contributed by atoms with Crippen LogP contribution in [0.2, 0.25) is 0 Å². The highest BCUT2D eigenvalue weighted by molar-refractivity contribution is 5.90. The summed E-state index contributed by atoms with van der Waals surface area (Å²) in [7, 11) is 0. The molecular formula is C29H24F4. The third kappa shape index (κ3) is 5.16. The van der Waals surface area contributed by atoms with Crippen LogP contribution >= 0.6 is 0 Å². The molecule has 4 aromatic rings. The molecule has 0 aromatic heterocycles. The van der Waals surface area contributed by atoms with Crippen LogP contribution in [0.4, 0.5) is 17.6 Å². The van der Waals surface area contributed by atoms with Gasteiger partial charge in [-0.2, -0.15) is 8.78 Å². The average molecular weight is 449 g/mol. The summed E-state index contributed by atoms with van der Waals surface area (Å²) in [5, 5.41) is 0.421. The molecule has 0 aliphatic heterocycles. The minimum Gasteiger partial charge on any atom is -0.206 e. The molecule has 0 aliphatic rings. The Hall–Kier alpha value is -3.40. The van der Waals surface area contributed by atoms with Crippen molar-refractivity contribution in [2.24, 2.45) is 0 Å². The zero-order valence-corrected chi connectivity index (χ0v) is 18.3. The average Bonchev–Trinajstić information content (AvgIpc) is 2.82. The normalized spacial score (nSPS) is 11.1. The van der Waals surface area contributed by atoms with E-state index in [0.29, 0.717) is 5.39 Å². The van der Waals surface area contributed by atoms with Gasteiger partial charge in [0.25, 0.3) is 6.08 Å². The lowest BCUT2D eigenvalue weighted by Gasteiger charge is -2.09. The van der Waals surface area contributed by atoms with Crippen LogP contribution in [0.25, 0.3) is 39.1 Å². The van der Waals surface area contributed by atoms with E-state index in [9.17, 15) is 17.6 Å². The van der Waals surface area contributed by atoms with Crippen LogP contribution in [0.1, 0.15) is 37.3 Å². The van der Waals surface area contributed by atoms with Gasteiger partial charge >= 0.3 is 0 Å². The summed E-state index contributed by atoms with van der Waals surface area (Å²) in [4.78, 5) is 0. The maximum absolute atomic E-state index is 14.6. The summed E-state index contributed by atoms with van der Waals surface area (Å²) >= 11 is 0. The van der Waals surface area contributed by atoms with Crippen LogP contribution in [-0.4, -0.2) is 0 Å². The number of benzene rings is 4. The number of unbranched alkanes of at least 4 members (excludes halogenated alkanes) is 2. The summed E-state index contributed by atoms with van der Waals surface area (Å²) in [5.74, 6) is -2.00. The van der Waals surface area contributed by atoms with Crippen molar-refractivity contribution in [3.63, 3.8) is 0 Å². The molecule has 0 saturated heterocycles. The van der Waals surface area contributed by atoms with Crippen molar-refractivity contribution in [3.05, 3.63) is 102 Å². The Morgan fingerprint density at radius 2 is 1.30 bits per heavy atom. The lowest BCUT2D eigenvalue weighted by atomic mass is 9.96. The van der Waals surface area contributed by atoms with E-state index in [-0.39, 0.29) is 11.5 Å². The molecule has 0 heterocycles. The highest BCUT2D eigenvalue weighted by atomic mass is 19.3. The summed E-state index contributed by atoms with van der Waals surface area (Å²) in [6, 6.07) is 22.5. The second-order valence-electron chi connectivity index (χ2n) is 8.19. The molecule has 0 N–H and O–H groups in total. The van der Waals surface area contributed by atoms with Gasteiger partial charge in [-0.05, 0) is 58.2 Å². The molecule has 0 unspecified atom stereocenters. The molecule has 0 radical (unpaired) electrons. The Bertz CT molecular complexity index is 1280. The summed E-state index contributed by atoms with van der Waals surface area (Å²) in [6.07, 6.45) is 2.82. The van der Waals surface area contributed by atoms with Crippen molar-refractivity contribution in [2.75, 3.05) is 0 Å². The number of hydrogen-bond donors (Lipinski definition) is 0. The van der Waals surface area contributed by atoms with Gasteiger partial charge in [0.15, 0.2) is 0 Å². The lowest BCUT2D eigenvalue weighted by molar-refractivity contribution is 0.428. The first-order chi connectivity index (χ1) is 16.0. The van der Waals surface area contributed by atoms with Gasteiger partial charge in [-0.25, -0.2) is 8.78 Å². The first-order valence-electron chi connectivity index (χ1n) is 11.1. The van der Waals surface area contributed by atoms with Gasteiger partial charge in [-0.1, -0.05) is 80.4 Å². The number of rotatable bonds is 7. The van der Waals surface area contributed by atoms with Crippen LogP contribution < -0.4 is 0 Å². The Balaban J connectivity index is 1.58. The van der Waals surface area contributed by atoms with Crippen molar-refractivity contribution < 1.29 is 17.6 Å². The van der Waals surface area contributed by atoms with Gasteiger partial charge < -0.3 is 0 Å². The number of halogens is 4. The SMILES string of the molecule is CCCCCc1ccc(-c2ccc(-c3ccc4c(F)c(C=C(F)F)c(F)cc4c3)cc2)cc1. The van der Waals surface area contributed by atoms with Gasteiger partial charge in [0.1, 0.15) is 11.6 Å². The minimum absolute atomic E-state index is 0.100. The summed E-state index contributed by atoms with van der Waals surface area (Å²) in [6.45, 7) is 2.20. The molecular weight excluding hydrogens is 424 g/mol.